The second-order valence-electron chi connectivity index (χ2n) is 7.59. The SMILES string of the molecule is CCCNC(=O)C(C)N(Cc1ccc(Cl)cc1Cl)C(=O)CN(c1ccc(F)c(F)c1)S(C)(=O)=O. The molecule has 1 unspecified atom stereocenters. The van der Waals surface area contributed by atoms with Crippen LogP contribution in [-0.2, 0) is 26.2 Å². The molecule has 2 rings (SSSR count). The summed E-state index contributed by atoms with van der Waals surface area (Å²) >= 11 is 12.2. The summed E-state index contributed by atoms with van der Waals surface area (Å²) in [6.07, 6.45) is 1.51. The molecule has 1 N–H and O–H groups in total. The molecule has 0 radical (unpaired) electrons. The Morgan fingerprint density at radius 2 is 1.76 bits per heavy atom. The van der Waals surface area contributed by atoms with Crippen LogP contribution in [0.3, 0.4) is 0 Å². The lowest BCUT2D eigenvalue weighted by atomic mass is 10.1. The third-order valence-electron chi connectivity index (χ3n) is 4.94. The first kappa shape index (κ1) is 27.8. The molecule has 2 amide bonds. The van der Waals surface area contributed by atoms with Crippen LogP contribution in [0.1, 0.15) is 25.8 Å². The Morgan fingerprint density at radius 3 is 2.32 bits per heavy atom. The maximum Gasteiger partial charge on any atom is 0.244 e. The topological polar surface area (TPSA) is 86.8 Å². The van der Waals surface area contributed by atoms with Gasteiger partial charge in [0.1, 0.15) is 12.6 Å². The van der Waals surface area contributed by atoms with Crippen LogP contribution in [0.25, 0.3) is 0 Å². The van der Waals surface area contributed by atoms with Crippen molar-refractivity contribution in [3.8, 4) is 0 Å². The van der Waals surface area contributed by atoms with Crippen molar-refractivity contribution in [2.75, 3.05) is 23.7 Å². The van der Waals surface area contributed by atoms with E-state index in [-0.39, 0.29) is 17.3 Å². The van der Waals surface area contributed by atoms with E-state index in [1.807, 2.05) is 6.92 Å². The van der Waals surface area contributed by atoms with Gasteiger partial charge >= 0.3 is 0 Å². The van der Waals surface area contributed by atoms with Crippen molar-refractivity contribution in [1.29, 1.82) is 0 Å². The number of benzene rings is 2. The van der Waals surface area contributed by atoms with Crippen molar-refractivity contribution in [2.24, 2.45) is 0 Å². The van der Waals surface area contributed by atoms with Gasteiger partial charge in [-0.15, -0.1) is 0 Å². The number of hydrogen-bond donors (Lipinski definition) is 1. The first-order valence-corrected chi connectivity index (χ1v) is 12.9. The predicted octanol–water partition coefficient (Wildman–Crippen LogP) is 3.98. The number of sulfonamides is 1. The largest absolute Gasteiger partial charge is 0.354 e. The smallest absolute Gasteiger partial charge is 0.244 e. The Bertz CT molecular complexity index is 1160. The number of anilines is 1. The zero-order chi connectivity index (χ0) is 25.6. The minimum Gasteiger partial charge on any atom is -0.354 e. The third kappa shape index (κ3) is 7.28. The van der Waals surface area contributed by atoms with Crippen LogP contribution in [0.5, 0.6) is 0 Å². The third-order valence-corrected chi connectivity index (χ3v) is 6.67. The summed E-state index contributed by atoms with van der Waals surface area (Å²) in [6, 6.07) is 6.14. The monoisotopic (exact) mass is 535 g/mol. The van der Waals surface area contributed by atoms with Gasteiger partial charge in [0.15, 0.2) is 11.6 Å². The summed E-state index contributed by atoms with van der Waals surface area (Å²) in [5.74, 6) is -3.63. The summed E-state index contributed by atoms with van der Waals surface area (Å²) in [5, 5.41) is 3.33. The van der Waals surface area contributed by atoms with Crippen LogP contribution in [0.2, 0.25) is 10.0 Å². The first-order chi connectivity index (χ1) is 15.8. The van der Waals surface area contributed by atoms with Crippen molar-refractivity contribution in [1.82, 2.24) is 10.2 Å². The number of halogens is 4. The summed E-state index contributed by atoms with van der Waals surface area (Å²) in [5.41, 5.74) is 0.246. The molecule has 1 atom stereocenters. The van der Waals surface area contributed by atoms with E-state index in [0.29, 0.717) is 33.9 Å². The molecular formula is C22H25Cl2F2N3O4S. The minimum atomic E-state index is -4.07. The van der Waals surface area contributed by atoms with Gasteiger partial charge in [-0.2, -0.15) is 0 Å². The molecule has 0 aliphatic heterocycles. The van der Waals surface area contributed by atoms with E-state index in [0.717, 1.165) is 23.3 Å². The van der Waals surface area contributed by atoms with Crippen molar-refractivity contribution in [3.63, 3.8) is 0 Å². The van der Waals surface area contributed by atoms with Gasteiger partial charge in [-0.3, -0.25) is 13.9 Å². The fraction of sp³-hybridized carbons (Fsp3) is 0.364. The van der Waals surface area contributed by atoms with E-state index in [2.05, 4.69) is 5.32 Å². The Morgan fingerprint density at radius 1 is 1.09 bits per heavy atom. The van der Waals surface area contributed by atoms with E-state index in [4.69, 9.17) is 23.2 Å². The highest BCUT2D eigenvalue weighted by molar-refractivity contribution is 7.92. The van der Waals surface area contributed by atoms with Crippen molar-refractivity contribution < 1.29 is 26.8 Å². The fourth-order valence-corrected chi connectivity index (χ4v) is 4.38. The normalized spacial score (nSPS) is 12.2. The quantitative estimate of drug-likeness (QED) is 0.498. The second-order valence-corrected chi connectivity index (χ2v) is 10.3. The van der Waals surface area contributed by atoms with E-state index in [1.165, 1.54) is 13.0 Å². The molecule has 0 aliphatic carbocycles. The molecular weight excluding hydrogens is 511 g/mol. The molecule has 2 aromatic carbocycles. The van der Waals surface area contributed by atoms with Gasteiger partial charge in [0, 0.05) is 29.2 Å². The highest BCUT2D eigenvalue weighted by atomic mass is 35.5. The second kappa shape index (κ2) is 11.8. The number of hydrogen-bond acceptors (Lipinski definition) is 4. The van der Waals surface area contributed by atoms with Gasteiger partial charge in [-0.05, 0) is 43.2 Å². The van der Waals surface area contributed by atoms with Crippen LogP contribution in [-0.4, -0.2) is 50.5 Å². The zero-order valence-electron chi connectivity index (χ0n) is 18.8. The van der Waals surface area contributed by atoms with Gasteiger partial charge in [-0.25, -0.2) is 17.2 Å². The van der Waals surface area contributed by atoms with Crippen LogP contribution >= 0.6 is 23.2 Å². The average Bonchev–Trinajstić information content (AvgIpc) is 2.75. The number of amides is 2. The van der Waals surface area contributed by atoms with Gasteiger partial charge in [-0.1, -0.05) is 36.2 Å². The van der Waals surface area contributed by atoms with Crippen molar-refractivity contribution >= 4 is 50.7 Å². The van der Waals surface area contributed by atoms with E-state index in [9.17, 15) is 26.8 Å². The molecule has 0 aliphatic rings. The summed E-state index contributed by atoms with van der Waals surface area (Å²) in [4.78, 5) is 27.1. The Balaban J connectivity index is 2.42. The number of nitrogens with one attached hydrogen (secondary N) is 1. The van der Waals surface area contributed by atoms with Crippen LogP contribution in [0.4, 0.5) is 14.5 Å². The molecule has 0 heterocycles. The Labute approximate surface area is 207 Å². The molecule has 0 bridgehead atoms. The molecule has 0 fully saturated rings. The van der Waals surface area contributed by atoms with Gasteiger partial charge in [0.2, 0.25) is 21.8 Å². The molecule has 34 heavy (non-hydrogen) atoms. The molecule has 7 nitrogen and oxygen atoms in total. The Kier molecular flexibility index (Phi) is 9.66. The minimum absolute atomic E-state index is 0.120. The van der Waals surface area contributed by atoms with Gasteiger partial charge < -0.3 is 10.2 Å². The van der Waals surface area contributed by atoms with E-state index < -0.39 is 46.1 Å². The first-order valence-electron chi connectivity index (χ1n) is 10.3. The standard InChI is InChI=1S/C22H25Cl2F2N3O4S/c1-4-9-27-22(31)14(2)28(12-15-5-6-16(23)10-18(15)24)21(30)13-29(34(3,32)33)17-7-8-19(25)20(26)11-17/h5-8,10-11,14H,4,9,12-13H2,1-3H3,(H,27,31). The lowest BCUT2D eigenvalue weighted by Gasteiger charge is -2.31. The van der Waals surface area contributed by atoms with Gasteiger partial charge in [0.05, 0.1) is 11.9 Å². The van der Waals surface area contributed by atoms with Gasteiger partial charge in [0.25, 0.3) is 0 Å². The maximum absolute atomic E-state index is 13.8. The zero-order valence-corrected chi connectivity index (χ0v) is 21.1. The highest BCUT2D eigenvalue weighted by Gasteiger charge is 2.30. The van der Waals surface area contributed by atoms with Crippen LogP contribution in [0, 0.1) is 11.6 Å². The lowest BCUT2D eigenvalue weighted by molar-refractivity contribution is -0.139. The molecule has 12 heteroatoms. The summed E-state index contributed by atoms with van der Waals surface area (Å²) in [7, 11) is -4.07. The molecule has 0 spiro atoms. The molecule has 2 aromatic rings. The highest BCUT2D eigenvalue weighted by Crippen LogP contribution is 2.25. The fourth-order valence-electron chi connectivity index (χ4n) is 3.07. The number of carbonyl (C=O) groups is 2. The molecule has 0 aromatic heterocycles. The van der Waals surface area contributed by atoms with Crippen LogP contribution < -0.4 is 9.62 Å². The Hall–Kier alpha value is -2.43. The number of carbonyl (C=O) groups excluding carboxylic acids is 2. The summed E-state index contributed by atoms with van der Waals surface area (Å²) in [6.45, 7) is 2.88. The van der Waals surface area contributed by atoms with Crippen LogP contribution in [0.15, 0.2) is 36.4 Å². The number of nitrogens with zero attached hydrogens (tertiary/aromatic N) is 2. The lowest BCUT2D eigenvalue weighted by Crippen LogP contribution is -2.51. The van der Waals surface area contributed by atoms with Crippen molar-refractivity contribution in [2.45, 2.75) is 32.9 Å². The number of rotatable bonds is 10. The van der Waals surface area contributed by atoms with Crippen molar-refractivity contribution in [3.05, 3.63) is 63.6 Å². The molecule has 0 saturated carbocycles. The van der Waals surface area contributed by atoms with E-state index in [1.54, 1.807) is 12.1 Å². The summed E-state index contributed by atoms with van der Waals surface area (Å²) < 4.78 is 52.6. The molecule has 186 valence electrons. The van der Waals surface area contributed by atoms with E-state index >= 15 is 0 Å². The molecule has 0 saturated heterocycles. The maximum atomic E-state index is 13.8. The predicted molar refractivity (Wildman–Crippen MR) is 128 cm³/mol. The average molecular weight is 536 g/mol.